The zero-order valence-corrected chi connectivity index (χ0v) is 13.1. The Morgan fingerprint density at radius 3 is 2.60 bits per heavy atom. The van der Waals surface area contributed by atoms with Crippen LogP contribution in [-0.4, -0.2) is 15.7 Å². The summed E-state index contributed by atoms with van der Waals surface area (Å²) in [6, 6.07) is 19.1. The van der Waals surface area contributed by atoms with E-state index in [2.05, 4.69) is 5.10 Å². The standard InChI is InChI=1S/C20H14N2O3/c23-19(24)11-10-15-13-22(16-7-2-1-3-8-16)21-20(15)18-12-14-6-4-5-9-17(14)25-18/h1-13H,(H,23,24)/p-1/b11-10+. The van der Waals surface area contributed by atoms with Crippen LogP contribution in [0.4, 0.5) is 0 Å². The fourth-order valence-corrected chi connectivity index (χ4v) is 2.67. The van der Waals surface area contributed by atoms with Gasteiger partial charge < -0.3 is 14.3 Å². The van der Waals surface area contributed by atoms with E-state index in [1.54, 1.807) is 10.9 Å². The highest BCUT2D eigenvalue weighted by Crippen LogP contribution is 2.30. The largest absolute Gasteiger partial charge is 0.545 e. The predicted molar refractivity (Wildman–Crippen MR) is 92.8 cm³/mol. The van der Waals surface area contributed by atoms with Crippen LogP contribution in [-0.2, 0) is 4.79 Å². The number of aromatic nitrogens is 2. The van der Waals surface area contributed by atoms with E-state index in [0.717, 1.165) is 22.7 Å². The summed E-state index contributed by atoms with van der Waals surface area (Å²) in [5.41, 5.74) is 2.82. The first kappa shape index (κ1) is 15.0. The third-order valence-electron chi connectivity index (χ3n) is 3.82. The van der Waals surface area contributed by atoms with Gasteiger partial charge >= 0.3 is 0 Å². The maximum atomic E-state index is 10.8. The molecule has 0 radical (unpaired) electrons. The van der Waals surface area contributed by atoms with Crippen LogP contribution in [0.15, 0.2) is 77.4 Å². The highest BCUT2D eigenvalue weighted by molar-refractivity contribution is 5.87. The molecule has 0 aliphatic heterocycles. The number of carboxylic acid groups (broad SMARTS) is 1. The fraction of sp³-hybridized carbons (Fsp3) is 0. The van der Waals surface area contributed by atoms with Gasteiger partial charge in [0.15, 0.2) is 5.76 Å². The Kier molecular flexibility index (Phi) is 3.67. The Hall–Kier alpha value is -3.60. The summed E-state index contributed by atoms with van der Waals surface area (Å²) in [5.74, 6) is -0.683. The average Bonchev–Trinajstić information content (AvgIpc) is 3.24. The Bertz CT molecular complexity index is 1040. The van der Waals surface area contributed by atoms with Crippen molar-refractivity contribution in [2.45, 2.75) is 0 Å². The molecule has 0 spiro atoms. The van der Waals surface area contributed by atoms with Gasteiger partial charge in [0.25, 0.3) is 0 Å². The maximum absolute atomic E-state index is 10.8. The normalized spacial score (nSPS) is 11.4. The Morgan fingerprint density at radius 1 is 1.08 bits per heavy atom. The monoisotopic (exact) mass is 329 g/mol. The molecule has 5 heteroatoms. The first-order chi connectivity index (χ1) is 12.2. The molecule has 4 rings (SSSR count). The molecule has 0 atom stereocenters. The van der Waals surface area contributed by atoms with Crippen LogP contribution >= 0.6 is 0 Å². The third-order valence-corrected chi connectivity index (χ3v) is 3.82. The van der Waals surface area contributed by atoms with Gasteiger partial charge in [0.1, 0.15) is 11.3 Å². The van der Waals surface area contributed by atoms with Gasteiger partial charge in [-0.2, -0.15) is 5.10 Å². The van der Waals surface area contributed by atoms with E-state index in [1.807, 2.05) is 60.7 Å². The van der Waals surface area contributed by atoms with Gasteiger partial charge in [-0.15, -0.1) is 0 Å². The fourth-order valence-electron chi connectivity index (χ4n) is 2.67. The summed E-state index contributed by atoms with van der Waals surface area (Å²) < 4.78 is 7.57. The van der Waals surface area contributed by atoms with Crippen LogP contribution in [0.5, 0.6) is 0 Å². The summed E-state index contributed by atoms with van der Waals surface area (Å²) >= 11 is 0. The highest BCUT2D eigenvalue weighted by atomic mass is 16.4. The van der Waals surface area contributed by atoms with Crippen molar-refractivity contribution in [1.82, 2.24) is 9.78 Å². The lowest BCUT2D eigenvalue weighted by Crippen LogP contribution is -2.18. The number of hydrogen-bond acceptors (Lipinski definition) is 4. The summed E-state index contributed by atoms with van der Waals surface area (Å²) in [7, 11) is 0. The number of furan rings is 1. The summed E-state index contributed by atoms with van der Waals surface area (Å²) in [6.45, 7) is 0. The lowest BCUT2D eigenvalue weighted by Gasteiger charge is -1.98. The van der Waals surface area contributed by atoms with Gasteiger partial charge in [-0.3, -0.25) is 0 Å². The number of fused-ring (bicyclic) bond motifs is 1. The van der Waals surface area contributed by atoms with Crippen LogP contribution in [0.2, 0.25) is 0 Å². The quantitative estimate of drug-likeness (QED) is 0.540. The lowest BCUT2D eigenvalue weighted by atomic mass is 10.2. The second-order valence-corrected chi connectivity index (χ2v) is 5.51. The number of rotatable bonds is 4. The number of hydrogen-bond donors (Lipinski definition) is 0. The van der Waals surface area contributed by atoms with Crippen molar-refractivity contribution in [3.05, 3.63) is 78.5 Å². The van der Waals surface area contributed by atoms with Crippen molar-refractivity contribution in [2.24, 2.45) is 0 Å². The number of carbonyl (C=O) groups excluding carboxylic acids is 1. The SMILES string of the molecule is O=C([O-])/C=C/c1cn(-c2ccccc2)nc1-c1cc2ccccc2o1. The topological polar surface area (TPSA) is 71.1 Å². The van der Waals surface area contributed by atoms with E-state index in [4.69, 9.17) is 4.42 Å². The van der Waals surface area contributed by atoms with Gasteiger partial charge in [0.2, 0.25) is 0 Å². The molecule has 122 valence electrons. The smallest absolute Gasteiger partial charge is 0.156 e. The molecule has 0 bridgehead atoms. The van der Waals surface area contributed by atoms with Crippen molar-refractivity contribution < 1.29 is 14.3 Å². The zero-order valence-electron chi connectivity index (χ0n) is 13.1. The summed E-state index contributed by atoms with van der Waals surface area (Å²) in [5, 5.41) is 16.3. The summed E-state index contributed by atoms with van der Waals surface area (Å²) in [6.07, 6.45) is 4.21. The number of aliphatic carboxylic acids is 1. The van der Waals surface area contributed by atoms with Crippen molar-refractivity contribution >= 4 is 23.0 Å². The molecular weight excluding hydrogens is 316 g/mol. The Balaban J connectivity index is 1.87. The maximum Gasteiger partial charge on any atom is 0.156 e. The number of carbonyl (C=O) groups is 1. The molecule has 0 unspecified atom stereocenters. The first-order valence-corrected chi connectivity index (χ1v) is 7.74. The van der Waals surface area contributed by atoms with Gasteiger partial charge in [0, 0.05) is 17.1 Å². The van der Waals surface area contributed by atoms with Gasteiger partial charge in [-0.1, -0.05) is 36.4 Å². The van der Waals surface area contributed by atoms with Gasteiger partial charge in [-0.05, 0) is 36.4 Å². The minimum absolute atomic E-state index is 0.567. The number of benzene rings is 2. The van der Waals surface area contributed by atoms with E-state index in [0.29, 0.717) is 17.0 Å². The molecule has 0 saturated heterocycles. The van der Waals surface area contributed by atoms with E-state index in [9.17, 15) is 9.90 Å². The van der Waals surface area contributed by atoms with E-state index < -0.39 is 5.97 Å². The highest BCUT2D eigenvalue weighted by Gasteiger charge is 2.14. The van der Waals surface area contributed by atoms with Gasteiger partial charge in [-0.25, -0.2) is 4.68 Å². The molecule has 2 aromatic carbocycles. The number of carboxylic acids is 1. The number of nitrogens with zero attached hydrogens (tertiary/aromatic N) is 2. The van der Waals surface area contributed by atoms with Gasteiger partial charge in [0.05, 0.1) is 11.7 Å². The molecule has 0 amide bonds. The third kappa shape index (κ3) is 2.95. The lowest BCUT2D eigenvalue weighted by molar-refractivity contribution is -0.297. The molecule has 2 aromatic heterocycles. The molecule has 0 fully saturated rings. The van der Waals surface area contributed by atoms with Crippen LogP contribution in [0, 0.1) is 0 Å². The number of para-hydroxylation sites is 2. The van der Waals surface area contributed by atoms with Crippen LogP contribution < -0.4 is 5.11 Å². The molecule has 25 heavy (non-hydrogen) atoms. The van der Waals surface area contributed by atoms with E-state index in [-0.39, 0.29) is 0 Å². The second kappa shape index (κ2) is 6.13. The minimum Gasteiger partial charge on any atom is -0.545 e. The Morgan fingerprint density at radius 2 is 1.84 bits per heavy atom. The van der Waals surface area contributed by atoms with Crippen molar-refractivity contribution in [1.29, 1.82) is 0 Å². The molecule has 0 N–H and O–H groups in total. The van der Waals surface area contributed by atoms with E-state index >= 15 is 0 Å². The van der Waals surface area contributed by atoms with Crippen molar-refractivity contribution in [2.75, 3.05) is 0 Å². The molecule has 2 heterocycles. The van der Waals surface area contributed by atoms with E-state index in [1.165, 1.54) is 6.08 Å². The zero-order chi connectivity index (χ0) is 17.2. The molecule has 0 aliphatic carbocycles. The first-order valence-electron chi connectivity index (χ1n) is 7.74. The van der Waals surface area contributed by atoms with Crippen molar-refractivity contribution in [3.63, 3.8) is 0 Å². The average molecular weight is 329 g/mol. The Labute approximate surface area is 143 Å². The second-order valence-electron chi connectivity index (χ2n) is 5.51. The van der Waals surface area contributed by atoms with Crippen LogP contribution in [0.1, 0.15) is 5.56 Å². The molecule has 0 aliphatic rings. The minimum atomic E-state index is -1.26. The molecule has 5 nitrogen and oxygen atoms in total. The molecule has 4 aromatic rings. The van der Waals surface area contributed by atoms with Crippen LogP contribution in [0.25, 0.3) is 34.2 Å². The van der Waals surface area contributed by atoms with Crippen molar-refractivity contribution in [3.8, 4) is 17.1 Å². The molecule has 0 saturated carbocycles. The molecular formula is C20H13N2O3-. The predicted octanol–water partition coefficient (Wildman–Crippen LogP) is 3.05. The van der Waals surface area contributed by atoms with Crippen LogP contribution in [0.3, 0.4) is 0 Å². The summed E-state index contributed by atoms with van der Waals surface area (Å²) in [4.78, 5) is 10.8.